The third-order valence-electron chi connectivity index (χ3n) is 4.51. The lowest BCUT2D eigenvalue weighted by atomic mass is 9.93. The first-order valence-electron chi connectivity index (χ1n) is 8.03. The first-order chi connectivity index (χ1) is 11.7. The summed E-state index contributed by atoms with van der Waals surface area (Å²) in [6.07, 6.45) is 2.63. The largest absolute Gasteiger partial charge is 0.330 e. The molecule has 24 heavy (non-hydrogen) atoms. The van der Waals surface area contributed by atoms with Crippen molar-refractivity contribution < 1.29 is 4.79 Å². The second-order valence-electron chi connectivity index (χ2n) is 6.00. The molecular weight excluding hydrogens is 320 g/mol. The van der Waals surface area contributed by atoms with Crippen LogP contribution in [0.2, 0.25) is 0 Å². The lowest BCUT2D eigenvalue weighted by Crippen LogP contribution is -2.39. The van der Waals surface area contributed by atoms with Gasteiger partial charge in [0.15, 0.2) is 5.69 Å². The van der Waals surface area contributed by atoms with Crippen molar-refractivity contribution >= 4 is 17.2 Å². The Morgan fingerprint density at radius 2 is 2.17 bits per heavy atom. The van der Waals surface area contributed by atoms with Gasteiger partial charge in [0.2, 0.25) is 0 Å². The average Bonchev–Trinajstić information content (AvgIpc) is 3.27. The van der Waals surface area contributed by atoms with Gasteiger partial charge in [-0.1, -0.05) is 35.5 Å². The van der Waals surface area contributed by atoms with Gasteiger partial charge in [-0.05, 0) is 35.9 Å². The Bertz CT molecular complexity index is 856. The van der Waals surface area contributed by atoms with Crippen molar-refractivity contribution in [2.45, 2.75) is 25.9 Å². The molecule has 0 radical (unpaired) electrons. The molecule has 3 heterocycles. The predicted molar refractivity (Wildman–Crippen MR) is 93.0 cm³/mol. The van der Waals surface area contributed by atoms with E-state index in [1.165, 1.54) is 16.0 Å². The molecule has 122 valence electrons. The first-order valence-corrected chi connectivity index (χ1v) is 8.91. The van der Waals surface area contributed by atoms with Crippen molar-refractivity contribution in [3.8, 4) is 0 Å². The number of benzene rings is 1. The summed E-state index contributed by atoms with van der Waals surface area (Å²) in [5.41, 5.74) is 2.97. The smallest absolute Gasteiger partial charge is 0.276 e. The molecule has 1 aliphatic heterocycles. The zero-order valence-electron chi connectivity index (χ0n) is 13.4. The van der Waals surface area contributed by atoms with E-state index in [9.17, 15) is 4.79 Å². The number of hydrogen-bond donors (Lipinski definition) is 0. The van der Waals surface area contributed by atoms with E-state index in [0.29, 0.717) is 12.2 Å². The summed E-state index contributed by atoms with van der Waals surface area (Å²) in [5.74, 6) is -0.0468. The Kier molecular flexibility index (Phi) is 3.90. The van der Waals surface area contributed by atoms with Crippen molar-refractivity contribution in [2.24, 2.45) is 0 Å². The summed E-state index contributed by atoms with van der Waals surface area (Å²) < 4.78 is 1.72. The molecule has 1 amide bonds. The molecule has 1 aromatic carbocycles. The van der Waals surface area contributed by atoms with Crippen LogP contribution < -0.4 is 0 Å². The zero-order chi connectivity index (χ0) is 16.5. The molecule has 6 heteroatoms. The number of fused-ring (bicyclic) bond motifs is 1. The van der Waals surface area contributed by atoms with E-state index < -0.39 is 0 Å². The molecule has 0 bridgehead atoms. The number of nitrogens with zero attached hydrogens (tertiary/aromatic N) is 4. The molecule has 2 aromatic heterocycles. The van der Waals surface area contributed by atoms with Crippen molar-refractivity contribution in [2.75, 3.05) is 6.54 Å². The number of amides is 1. The maximum absolute atomic E-state index is 12.8. The highest BCUT2D eigenvalue weighted by Gasteiger charge is 2.29. The van der Waals surface area contributed by atoms with Crippen molar-refractivity contribution in [3.05, 3.63) is 69.7 Å². The molecule has 0 saturated carbocycles. The van der Waals surface area contributed by atoms with Crippen molar-refractivity contribution in [3.63, 3.8) is 0 Å². The third kappa shape index (κ3) is 2.73. The highest BCUT2D eigenvalue weighted by atomic mass is 32.1. The van der Waals surface area contributed by atoms with Crippen LogP contribution in [0.1, 0.15) is 39.5 Å². The van der Waals surface area contributed by atoms with Crippen LogP contribution in [0.15, 0.2) is 48.0 Å². The monoisotopic (exact) mass is 338 g/mol. The minimum absolute atomic E-state index is 0.0468. The van der Waals surface area contributed by atoms with Gasteiger partial charge in [-0.25, -0.2) is 4.68 Å². The minimum Gasteiger partial charge on any atom is -0.330 e. The molecule has 0 aliphatic carbocycles. The minimum atomic E-state index is -0.0468. The maximum atomic E-state index is 12.8. The van der Waals surface area contributed by atoms with E-state index in [4.69, 9.17) is 0 Å². The molecule has 3 aromatic rings. The number of aromatic nitrogens is 3. The Labute approximate surface area is 144 Å². The fourth-order valence-electron chi connectivity index (χ4n) is 3.23. The van der Waals surface area contributed by atoms with Gasteiger partial charge in [0.05, 0.1) is 18.8 Å². The summed E-state index contributed by atoms with van der Waals surface area (Å²) in [6.45, 7) is 3.44. The number of rotatable bonds is 3. The Balaban J connectivity index is 1.53. The average molecular weight is 338 g/mol. The second-order valence-corrected chi connectivity index (χ2v) is 7.04. The van der Waals surface area contributed by atoms with Gasteiger partial charge >= 0.3 is 0 Å². The second kappa shape index (κ2) is 6.20. The fourth-order valence-corrected chi connectivity index (χ4v) is 3.93. The summed E-state index contributed by atoms with van der Waals surface area (Å²) in [7, 11) is 0. The molecule has 5 nitrogen and oxygen atoms in total. The van der Waals surface area contributed by atoms with Crippen LogP contribution >= 0.6 is 11.3 Å². The van der Waals surface area contributed by atoms with Crippen LogP contribution in [0, 0.1) is 0 Å². The molecular formula is C18H18N4OS. The van der Waals surface area contributed by atoms with E-state index in [0.717, 1.165) is 13.0 Å². The van der Waals surface area contributed by atoms with Gasteiger partial charge in [-0.15, -0.1) is 16.4 Å². The Morgan fingerprint density at radius 1 is 1.29 bits per heavy atom. The van der Waals surface area contributed by atoms with Gasteiger partial charge in [0.25, 0.3) is 5.91 Å². The highest BCUT2D eigenvalue weighted by molar-refractivity contribution is 7.09. The predicted octanol–water partition coefficient (Wildman–Crippen LogP) is 3.15. The van der Waals surface area contributed by atoms with Crippen molar-refractivity contribution in [1.29, 1.82) is 0 Å². The molecule has 0 N–H and O–H groups in total. The zero-order valence-corrected chi connectivity index (χ0v) is 14.2. The number of carbonyl (C=O) groups excluding carboxylic acids is 1. The molecule has 0 saturated heterocycles. The standard InChI is InChI=1S/C18H18N4OS/c1-13-16-7-3-2-5-14(16)8-9-22(13)18(23)17-12-21(20-19-17)11-15-6-4-10-24-15/h2-7,10,12-13H,8-9,11H2,1H3/t13-/m1/s1. The van der Waals surface area contributed by atoms with Gasteiger partial charge in [0.1, 0.15) is 0 Å². The SMILES string of the molecule is C[C@@H]1c2ccccc2CCN1C(=O)c1cn(Cc2cccs2)nn1. The van der Waals surface area contributed by atoms with E-state index in [1.807, 2.05) is 22.4 Å². The van der Waals surface area contributed by atoms with Crippen molar-refractivity contribution in [1.82, 2.24) is 19.9 Å². The molecule has 0 unspecified atom stereocenters. The maximum Gasteiger partial charge on any atom is 0.276 e. The first kappa shape index (κ1) is 15.1. The third-order valence-corrected chi connectivity index (χ3v) is 5.37. The van der Waals surface area contributed by atoms with Crippen LogP contribution in [0.5, 0.6) is 0 Å². The van der Waals surface area contributed by atoms with E-state index in [1.54, 1.807) is 22.2 Å². The highest BCUT2D eigenvalue weighted by Crippen LogP contribution is 2.30. The van der Waals surface area contributed by atoms with Gasteiger partial charge in [-0.2, -0.15) is 0 Å². The molecule has 4 rings (SSSR count). The molecule has 0 spiro atoms. The van der Waals surface area contributed by atoms with Crippen LogP contribution in [0.3, 0.4) is 0 Å². The molecule has 1 atom stereocenters. The summed E-state index contributed by atoms with van der Waals surface area (Å²) in [5, 5.41) is 10.2. The fraction of sp³-hybridized carbons (Fsp3) is 0.278. The molecule has 0 fully saturated rings. The van der Waals surface area contributed by atoms with Crippen LogP contribution in [0.25, 0.3) is 0 Å². The number of hydrogen-bond acceptors (Lipinski definition) is 4. The lowest BCUT2D eigenvalue weighted by molar-refractivity contribution is 0.0671. The number of carbonyl (C=O) groups is 1. The summed E-state index contributed by atoms with van der Waals surface area (Å²) in [4.78, 5) is 15.9. The van der Waals surface area contributed by atoms with E-state index in [-0.39, 0.29) is 11.9 Å². The summed E-state index contributed by atoms with van der Waals surface area (Å²) >= 11 is 1.67. The van der Waals surface area contributed by atoms with Crippen LogP contribution in [-0.4, -0.2) is 32.3 Å². The van der Waals surface area contributed by atoms with Gasteiger partial charge in [0, 0.05) is 11.4 Å². The normalized spacial score (nSPS) is 16.9. The van der Waals surface area contributed by atoms with Crippen LogP contribution in [-0.2, 0) is 13.0 Å². The van der Waals surface area contributed by atoms with Crippen LogP contribution in [0.4, 0.5) is 0 Å². The van der Waals surface area contributed by atoms with Gasteiger partial charge in [-0.3, -0.25) is 4.79 Å². The Hall–Kier alpha value is -2.47. The Morgan fingerprint density at radius 3 is 3.00 bits per heavy atom. The lowest BCUT2D eigenvalue weighted by Gasteiger charge is -2.34. The quantitative estimate of drug-likeness (QED) is 0.737. The van der Waals surface area contributed by atoms with E-state index >= 15 is 0 Å². The van der Waals surface area contributed by atoms with E-state index in [2.05, 4.69) is 41.5 Å². The summed E-state index contributed by atoms with van der Waals surface area (Å²) in [6, 6.07) is 12.5. The molecule has 1 aliphatic rings. The number of thiophene rings is 1. The topological polar surface area (TPSA) is 51.0 Å². The van der Waals surface area contributed by atoms with Gasteiger partial charge < -0.3 is 4.90 Å².